The summed E-state index contributed by atoms with van der Waals surface area (Å²) >= 11 is 0. The lowest BCUT2D eigenvalue weighted by Gasteiger charge is -2.40. The van der Waals surface area contributed by atoms with Crippen molar-refractivity contribution in [2.24, 2.45) is 11.8 Å². The summed E-state index contributed by atoms with van der Waals surface area (Å²) in [4.78, 5) is 48.5. The van der Waals surface area contributed by atoms with Crippen molar-refractivity contribution in [2.45, 2.75) is 50.5 Å². The van der Waals surface area contributed by atoms with E-state index in [2.05, 4.69) is 0 Å². The van der Waals surface area contributed by atoms with Gasteiger partial charge in [0, 0.05) is 24.5 Å². The van der Waals surface area contributed by atoms with Gasteiger partial charge in [0.1, 0.15) is 23.1 Å². The first kappa shape index (κ1) is 29.9. The Morgan fingerprint density at radius 3 is 2.02 bits per heavy atom. The van der Waals surface area contributed by atoms with Crippen LogP contribution in [-0.2, 0) is 19.1 Å². The molecule has 0 aromatic heterocycles. The first-order valence-corrected chi connectivity index (χ1v) is 15.2. The lowest BCUT2D eigenvalue weighted by molar-refractivity contribution is -0.148. The fourth-order valence-electron chi connectivity index (χ4n) is 7.38. The van der Waals surface area contributed by atoms with E-state index < -0.39 is 35.1 Å². The van der Waals surface area contributed by atoms with Crippen molar-refractivity contribution in [1.29, 1.82) is 0 Å². The molecule has 10 heteroatoms. The Morgan fingerprint density at radius 2 is 1.45 bits per heavy atom. The Bertz CT molecular complexity index is 1490. The van der Waals surface area contributed by atoms with Crippen LogP contribution in [0.2, 0.25) is 0 Å². The SMILES string of the molecule is CCOc1ccc(N2CC=C[C@@]3(C)O[C@]45C=CCN(c6ccc(OC)cc6)C(=O)C4N([C@@H](CC)CO)C(=O)[C@@H]5[C@H]3C2=O)cc1. The molecule has 3 amide bonds. The number of hydrogen-bond donors (Lipinski definition) is 1. The normalized spacial score (nSPS) is 30.1. The highest BCUT2D eigenvalue weighted by Crippen LogP contribution is 2.58. The van der Waals surface area contributed by atoms with Gasteiger partial charge in [0.15, 0.2) is 0 Å². The summed E-state index contributed by atoms with van der Waals surface area (Å²) < 4.78 is 17.8. The molecule has 1 unspecified atom stereocenters. The highest BCUT2D eigenvalue weighted by Gasteiger charge is 2.75. The van der Waals surface area contributed by atoms with Crippen LogP contribution in [0.3, 0.4) is 0 Å². The topological polar surface area (TPSA) is 109 Å². The number of rotatable bonds is 8. The van der Waals surface area contributed by atoms with E-state index in [4.69, 9.17) is 14.2 Å². The minimum absolute atomic E-state index is 0.251. The minimum atomic E-state index is -1.42. The second-order valence-electron chi connectivity index (χ2n) is 11.8. The van der Waals surface area contributed by atoms with Gasteiger partial charge < -0.3 is 34.0 Å². The third-order valence-corrected chi connectivity index (χ3v) is 9.41. The molecule has 2 aromatic rings. The molecule has 2 saturated heterocycles. The van der Waals surface area contributed by atoms with E-state index in [1.165, 1.54) is 4.90 Å². The lowest BCUT2D eigenvalue weighted by Crippen LogP contribution is -2.58. The van der Waals surface area contributed by atoms with Crippen molar-refractivity contribution < 1.29 is 33.7 Å². The summed E-state index contributed by atoms with van der Waals surface area (Å²) in [5, 5.41) is 10.4. The van der Waals surface area contributed by atoms with E-state index >= 15 is 0 Å². The summed E-state index contributed by atoms with van der Waals surface area (Å²) in [6.07, 6.45) is 7.83. The predicted octanol–water partition coefficient (Wildman–Crippen LogP) is 3.34. The van der Waals surface area contributed by atoms with Crippen molar-refractivity contribution in [2.75, 3.05) is 43.2 Å². The van der Waals surface area contributed by atoms with Crippen LogP contribution in [0.25, 0.3) is 0 Å². The van der Waals surface area contributed by atoms with Crippen molar-refractivity contribution in [3.8, 4) is 11.5 Å². The van der Waals surface area contributed by atoms with Crippen molar-refractivity contribution >= 4 is 29.1 Å². The van der Waals surface area contributed by atoms with Crippen LogP contribution in [0.5, 0.6) is 11.5 Å². The molecule has 4 aliphatic rings. The van der Waals surface area contributed by atoms with Gasteiger partial charge in [-0.2, -0.15) is 0 Å². The number of fused-ring (bicyclic) bond motifs is 2. The molecule has 1 N–H and O–H groups in total. The lowest BCUT2D eigenvalue weighted by atomic mass is 9.74. The fourth-order valence-corrected chi connectivity index (χ4v) is 7.38. The zero-order chi connectivity index (χ0) is 31.2. The van der Waals surface area contributed by atoms with E-state index in [1.807, 2.05) is 69.3 Å². The average molecular weight is 602 g/mol. The van der Waals surface area contributed by atoms with Gasteiger partial charge in [0.25, 0.3) is 5.91 Å². The van der Waals surface area contributed by atoms with E-state index in [0.29, 0.717) is 42.4 Å². The highest BCUT2D eigenvalue weighted by molar-refractivity contribution is 6.07. The molecule has 0 bridgehead atoms. The average Bonchev–Trinajstić information content (AvgIpc) is 3.30. The maximum absolute atomic E-state index is 14.6. The number of benzene rings is 2. The van der Waals surface area contributed by atoms with Gasteiger partial charge in [-0.3, -0.25) is 14.4 Å². The Kier molecular flexibility index (Phi) is 7.75. The van der Waals surface area contributed by atoms with Crippen LogP contribution in [0, 0.1) is 11.8 Å². The fraction of sp³-hybridized carbons (Fsp3) is 0.441. The van der Waals surface area contributed by atoms with Gasteiger partial charge in [-0.15, -0.1) is 0 Å². The van der Waals surface area contributed by atoms with E-state index in [1.54, 1.807) is 41.2 Å². The van der Waals surface area contributed by atoms with Crippen molar-refractivity contribution in [3.63, 3.8) is 0 Å². The Hall–Kier alpha value is -4.15. The van der Waals surface area contributed by atoms with Gasteiger partial charge in [-0.1, -0.05) is 31.2 Å². The number of anilines is 2. The molecule has 44 heavy (non-hydrogen) atoms. The number of ether oxygens (including phenoxy) is 3. The summed E-state index contributed by atoms with van der Waals surface area (Å²) in [6, 6.07) is 12.7. The molecule has 6 rings (SSSR count). The zero-order valence-electron chi connectivity index (χ0n) is 25.5. The molecular formula is C34H39N3O7. The Balaban J connectivity index is 1.44. The number of carbonyl (C=O) groups is 3. The molecule has 232 valence electrons. The van der Waals surface area contributed by atoms with Crippen molar-refractivity contribution in [3.05, 3.63) is 72.8 Å². The smallest absolute Gasteiger partial charge is 0.253 e. The summed E-state index contributed by atoms with van der Waals surface area (Å²) in [7, 11) is 1.58. The first-order chi connectivity index (χ1) is 21.2. The third-order valence-electron chi connectivity index (χ3n) is 9.41. The van der Waals surface area contributed by atoms with Crippen LogP contribution >= 0.6 is 0 Å². The molecular weight excluding hydrogens is 562 g/mol. The van der Waals surface area contributed by atoms with Crippen LogP contribution < -0.4 is 19.3 Å². The van der Waals surface area contributed by atoms with Crippen molar-refractivity contribution in [1.82, 2.24) is 4.90 Å². The van der Waals surface area contributed by atoms with Crippen LogP contribution in [-0.4, -0.2) is 84.4 Å². The third kappa shape index (κ3) is 4.50. The quantitative estimate of drug-likeness (QED) is 0.463. The molecule has 0 saturated carbocycles. The number of aliphatic hydroxyl groups excluding tert-OH is 1. The number of nitrogens with zero attached hydrogens (tertiary/aromatic N) is 3. The Morgan fingerprint density at radius 1 is 0.864 bits per heavy atom. The molecule has 0 radical (unpaired) electrons. The van der Waals surface area contributed by atoms with Gasteiger partial charge in [-0.25, -0.2) is 0 Å². The molecule has 2 fully saturated rings. The van der Waals surface area contributed by atoms with Gasteiger partial charge in [0.2, 0.25) is 11.8 Å². The molecule has 4 heterocycles. The van der Waals surface area contributed by atoms with Gasteiger partial charge in [-0.05, 0) is 68.8 Å². The van der Waals surface area contributed by atoms with Crippen LogP contribution in [0.1, 0.15) is 27.2 Å². The first-order valence-electron chi connectivity index (χ1n) is 15.2. The summed E-state index contributed by atoms with van der Waals surface area (Å²) in [6.45, 7) is 6.36. The monoisotopic (exact) mass is 601 g/mol. The van der Waals surface area contributed by atoms with Gasteiger partial charge in [0.05, 0.1) is 43.8 Å². The van der Waals surface area contributed by atoms with E-state index in [9.17, 15) is 19.5 Å². The summed E-state index contributed by atoms with van der Waals surface area (Å²) in [5.74, 6) is -1.49. The number of hydrogen-bond acceptors (Lipinski definition) is 7. The summed E-state index contributed by atoms with van der Waals surface area (Å²) in [5.41, 5.74) is -1.25. The minimum Gasteiger partial charge on any atom is -0.497 e. The molecule has 0 aliphatic carbocycles. The molecule has 6 atom stereocenters. The van der Waals surface area contributed by atoms with Crippen LogP contribution in [0.15, 0.2) is 72.8 Å². The van der Waals surface area contributed by atoms with E-state index in [-0.39, 0.29) is 30.9 Å². The van der Waals surface area contributed by atoms with Gasteiger partial charge >= 0.3 is 0 Å². The second-order valence-corrected chi connectivity index (χ2v) is 11.8. The molecule has 1 spiro atoms. The zero-order valence-corrected chi connectivity index (χ0v) is 25.5. The number of methoxy groups -OCH3 is 1. The number of amides is 3. The largest absolute Gasteiger partial charge is 0.497 e. The molecule has 10 nitrogen and oxygen atoms in total. The highest BCUT2D eigenvalue weighted by atomic mass is 16.5. The number of carbonyl (C=O) groups excluding carboxylic acids is 3. The maximum atomic E-state index is 14.6. The Labute approximate surface area is 257 Å². The van der Waals surface area contributed by atoms with E-state index in [0.717, 1.165) is 0 Å². The maximum Gasteiger partial charge on any atom is 0.253 e. The second kappa shape index (κ2) is 11.4. The molecule has 2 aromatic carbocycles. The number of likely N-dealkylation sites (tertiary alicyclic amines) is 1. The standard InChI is InChI=1S/C34H39N3O7/c1-5-22(21-38)37-29-32(41)36(24-9-13-25(42-4)14-10-24)20-8-18-34(29)28(31(37)40)27-30(39)35(19-7-17-33(27,3)44-34)23-11-15-26(16-12-23)43-6-2/h7-18,22,27-29,38H,5-6,19-21H2,1-4H3/t22-,27-,28-,29?,33+,34-/m0/s1. The number of aliphatic hydroxyl groups is 1. The van der Waals surface area contributed by atoms with Crippen LogP contribution in [0.4, 0.5) is 11.4 Å². The molecule has 4 aliphatic heterocycles. The predicted molar refractivity (Wildman–Crippen MR) is 165 cm³/mol.